The van der Waals surface area contributed by atoms with E-state index in [4.69, 9.17) is 10.2 Å². The molecule has 1 aliphatic rings. The first-order chi connectivity index (χ1) is 4.89. The van der Waals surface area contributed by atoms with Crippen LogP contribution in [0.25, 0.3) is 0 Å². The first-order valence-corrected chi connectivity index (χ1v) is 3.52. The monoisotopic (exact) mass is 149 g/mol. The maximum absolute atomic E-state index is 7.00. The van der Waals surface area contributed by atoms with Crippen LogP contribution in [0.1, 0.15) is 19.8 Å². The third kappa shape index (κ3) is 7.88. The van der Waals surface area contributed by atoms with Crippen molar-refractivity contribution < 1.29 is 10.2 Å². The first kappa shape index (κ1) is 12.5. The molecule has 0 unspecified atom stereocenters. The van der Waals surface area contributed by atoms with Gasteiger partial charge in [-0.05, 0) is 26.3 Å². The molecule has 3 nitrogen and oxygen atoms in total. The predicted octanol–water partition coefficient (Wildman–Crippen LogP) is -0.0247. The summed E-state index contributed by atoms with van der Waals surface area (Å²) in [6.45, 7) is 3.47. The van der Waals surface area contributed by atoms with E-state index in [9.17, 15) is 0 Å². The van der Waals surface area contributed by atoms with Gasteiger partial charge in [0, 0.05) is 20.3 Å². The second-order valence-corrected chi connectivity index (χ2v) is 2.00. The number of hydrogen-bond donors (Lipinski definition) is 3. The highest BCUT2D eigenvalue weighted by Gasteiger charge is 2.05. The van der Waals surface area contributed by atoms with Gasteiger partial charge in [-0.3, -0.25) is 0 Å². The number of rotatable bonds is 0. The van der Waals surface area contributed by atoms with Gasteiger partial charge >= 0.3 is 0 Å². The van der Waals surface area contributed by atoms with E-state index in [1.165, 1.54) is 19.4 Å². The maximum Gasteiger partial charge on any atom is 0.0319 e. The minimum atomic E-state index is 0.796. The fourth-order valence-electron chi connectivity index (χ4n) is 0.859. The molecule has 1 heterocycles. The fourth-order valence-corrected chi connectivity index (χ4v) is 0.859. The third-order valence-corrected chi connectivity index (χ3v) is 1.31. The minimum Gasteiger partial charge on any atom is -0.400 e. The largest absolute Gasteiger partial charge is 0.400 e. The Morgan fingerprint density at radius 1 is 1.20 bits per heavy atom. The van der Waals surface area contributed by atoms with E-state index in [0.29, 0.717) is 0 Å². The molecule has 3 N–H and O–H groups in total. The molecule has 1 rings (SSSR count). The fraction of sp³-hybridized carbons (Fsp3) is 1.00. The van der Waals surface area contributed by atoms with E-state index in [0.717, 1.165) is 20.3 Å². The van der Waals surface area contributed by atoms with E-state index in [-0.39, 0.29) is 0 Å². The normalized spacial score (nSPS) is 21.9. The second-order valence-electron chi connectivity index (χ2n) is 2.00. The molecule has 64 valence electrons. The summed E-state index contributed by atoms with van der Waals surface area (Å²) in [5.74, 6) is 0. The summed E-state index contributed by atoms with van der Waals surface area (Å²) in [7, 11) is 2.00. The standard InChI is InChI=1S/C5H11N.2CH4O/c1-5-3-2-4-6-5;2*1-2/h5-6H,2-4H2,1H3;2*2H,1H3/t5-;;/m1../s1. The SMILES string of the molecule is CO.CO.C[C@@H]1CCCN1. The molecular formula is C7H19NO2. The lowest BCUT2D eigenvalue weighted by Crippen LogP contribution is -2.16. The number of hydrogen-bond acceptors (Lipinski definition) is 3. The van der Waals surface area contributed by atoms with Gasteiger partial charge in [0.2, 0.25) is 0 Å². The van der Waals surface area contributed by atoms with E-state index in [1.807, 2.05) is 0 Å². The van der Waals surface area contributed by atoms with Crippen LogP contribution >= 0.6 is 0 Å². The molecule has 0 spiro atoms. The number of aliphatic hydroxyl groups is 2. The Labute approximate surface area is 63.1 Å². The molecular weight excluding hydrogens is 130 g/mol. The summed E-state index contributed by atoms with van der Waals surface area (Å²) in [6, 6.07) is 0.796. The smallest absolute Gasteiger partial charge is 0.0319 e. The summed E-state index contributed by atoms with van der Waals surface area (Å²) in [4.78, 5) is 0. The zero-order valence-corrected chi connectivity index (χ0v) is 7.09. The summed E-state index contributed by atoms with van der Waals surface area (Å²) in [5.41, 5.74) is 0. The van der Waals surface area contributed by atoms with Crippen LogP contribution in [0.15, 0.2) is 0 Å². The van der Waals surface area contributed by atoms with Crippen LogP contribution in [0.5, 0.6) is 0 Å². The van der Waals surface area contributed by atoms with Gasteiger partial charge in [-0.25, -0.2) is 0 Å². The summed E-state index contributed by atoms with van der Waals surface area (Å²) < 4.78 is 0. The highest BCUT2D eigenvalue weighted by molar-refractivity contribution is 4.67. The van der Waals surface area contributed by atoms with Crippen molar-refractivity contribution in [1.29, 1.82) is 0 Å². The Morgan fingerprint density at radius 2 is 1.70 bits per heavy atom. The number of aliphatic hydroxyl groups excluding tert-OH is 2. The van der Waals surface area contributed by atoms with E-state index in [2.05, 4.69) is 12.2 Å². The van der Waals surface area contributed by atoms with Gasteiger partial charge in [0.25, 0.3) is 0 Å². The first-order valence-electron chi connectivity index (χ1n) is 3.52. The van der Waals surface area contributed by atoms with Crippen LogP contribution in [0.3, 0.4) is 0 Å². The third-order valence-electron chi connectivity index (χ3n) is 1.31. The Bertz CT molecular complexity index is 44.9. The van der Waals surface area contributed by atoms with Crippen molar-refractivity contribution in [2.24, 2.45) is 0 Å². The molecule has 1 atom stereocenters. The second kappa shape index (κ2) is 11.6. The molecule has 0 saturated carbocycles. The van der Waals surface area contributed by atoms with Crippen molar-refractivity contribution >= 4 is 0 Å². The Hall–Kier alpha value is -0.120. The predicted molar refractivity (Wildman–Crippen MR) is 43.0 cm³/mol. The van der Waals surface area contributed by atoms with Crippen LogP contribution < -0.4 is 5.32 Å². The van der Waals surface area contributed by atoms with Gasteiger partial charge in [0.1, 0.15) is 0 Å². The number of nitrogens with one attached hydrogen (secondary N) is 1. The Balaban J connectivity index is 0. The summed E-state index contributed by atoms with van der Waals surface area (Å²) >= 11 is 0. The molecule has 0 aliphatic carbocycles. The van der Waals surface area contributed by atoms with Gasteiger partial charge in [0.05, 0.1) is 0 Å². The van der Waals surface area contributed by atoms with Gasteiger partial charge < -0.3 is 15.5 Å². The Morgan fingerprint density at radius 3 is 1.80 bits per heavy atom. The molecule has 3 heteroatoms. The molecule has 0 radical (unpaired) electrons. The van der Waals surface area contributed by atoms with Crippen molar-refractivity contribution in [3.8, 4) is 0 Å². The van der Waals surface area contributed by atoms with Gasteiger partial charge in [-0.15, -0.1) is 0 Å². The van der Waals surface area contributed by atoms with Crippen molar-refractivity contribution in [1.82, 2.24) is 5.32 Å². The van der Waals surface area contributed by atoms with E-state index in [1.54, 1.807) is 0 Å². The molecule has 0 aromatic carbocycles. The van der Waals surface area contributed by atoms with Crippen LogP contribution in [0, 0.1) is 0 Å². The molecule has 0 aromatic heterocycles. The van der Waals surface area contributed by atoms with Crippen LogP contribution in [0.4, 0.5) is 0 Å². The molecule has 1 aliphatic heterocycles. The lowest BCUT2D eigenvalue weighted by molar-refractivity contribution is 0.399. The molecule has 0 amide bonds. The molecule has 1 saturated heterocycles. The molecule has 1 fully saturated rings. The highest BCUT2D eigenvalue weighted by Crippen LogP contribution is 2.01. The van der Waals surface area contributed by atoms with Crippen LogP contribution in [-0.2, 0) is 0 Å². The van der Waals surface area contributed by atoms with E-state index >= 15 is 0 Å². The van der Waals surface area contributed by atoms with Crippen molar-refractivity contribution in [2.45, 2.75) is 25.8 Å². The van der Waals surface area contributed by atoms with Gasteiger partial charge in [-0.2, -0.15) is 0 Å². The Kier molecular flexibility index (Phi) is 14.6. The summed E-state index contributed by atoms with van der Waals surface area (Å²) in [6.07, 6.45) is 2.75. The summed E-state index contributed by atoms with van der Waals surface area (Å²) in [5, 5.41) is 17.3. The molecule has 10 heavy (non-hydrogen) atoms. The highest BCUT2D eigenvalue weighted by atomic mass is 16.2. The average molecular weight is 149 g/mol. The van der Waals surface area contributed by atoms with Crippen molar-refractivity contribution in [3.05, 3.63) is 0 Å². The molecule has 0 bridgehead atoms. The van der Waals surface area contributed by atoms with Crippen molar-refractivity contribution in [2.75, 3.05) is 20.8 Å². The molecule has 0 aromatic rings. The van der Waals surface area contributed by atoms with Crippen molar-refractivity contribution in [3.63, 3.8) is 0 Å². The average Bonchev–Trinajstić information content (AvgIpc) is 2.48. The van der Waals surface area contributed by atoms with E-state index < -0.39 is 0 Å². The minimum absolute atomic E-state index is 0.796. The van der Waals surface area contributed by atoms with Crippen LogP contribution in [-0.4, -0.2) is 37.0 Å². The zero-order valence-electron chi connectivity index (χ0n) is 7.09. The maximum atomic E-state index is 7.00. The topological polar surface area (TPSA) is 52.5 Å². The van der Waals surface area contributed by atoms with Crippen LogP contribution in [0.2, 0.25) is 0 Å². The van der Waals surface area contributed by atoms with Gasteiger partial charge in [0.15, 0.2) is 0 Å². The lowest BCUT2D eigenvalue weighted by atomic mass is 10.3. The zero-order chi connectivity index (χ0) is 8.41. The van der Waals surface area contributed by atoms with Gasteiger partial charge in [-0.1, -0.05) is 0 Å². The lowest BCUT2D eigenvalue weighted by Gasteiger charge is -1.95. The quantitative estimate of drug-likeness (QED) is 0.453.